The molecule has 0 bridgehead atoms. The molecule has 0 saturated heterocycles. The molecule has 0 aromatic heterocycles. The van der Waals surface area contributed by atoms with E-state index < -0.39 is 21.8 Å². The summed E-state index contributed by atoms with van der Waals surface area (Å²) in [6.45, 7) is 0.314. The Morgan fingerprint density at radius 1 is 0.923 bits per heavy atom. The number of halogens is 2. The summed E-state index contributed by atoms with van der Waals surface area (Å²) in [6.07, 6.45) is 9.78. The molecule has 1 aromatic rings. The van der Waals surface area contributed by atoms with Gasteiger partial charge in [0.25, 0.3) is 10.1 Å². The molecule has 2 aliphatic rings. The van der Waals surface area contributed by atoms with Crippen molar-refractivity contribution in [2.75, 3.05) is 12.9 Å². The molecule has 1 aromatic carbocycles. The second-order valence-electron chi connectivity index (χ2n) is 8.05. The zero-order valence-corrected chi connectivity index (χ0v) is 16.1. The summed E-state index contributed by atoms with van der Waals surface area (Å²) >= 11 is 0. The van der Waals surface area contributed by atoms with Crippen LogP contribution in [-0.4, -0.2) is 21.3 Å². The van der Waals surface area contributed by atoms with E-state index in [0.29, 0.717) is 30.3 Å². The molecule has 2 saturated carbocycles. The van der Waals surface area contributed by atoms with E-state index >= 15 is 0 Å². The van der Waals surface area contributed by atoms with Crippen molar-refractivity contribution in [1.82, 2.24) is 0 Å². The Morgan fingerprint density at radius 3 is 2.04 bits per heavy atom. The molecule has 2 aliphatic carbocycles. The smallest absolute Gasteiger partial charge is 0.264 e. The Kier molecular flexibility index (Phi) is 6.33. The molecule has 0 atom stereocenters. The summed E-state index contributed by atoms with van der Waals surface area (Å²) < 4.78 is 53.7. The number of benzene rings is 1. The van der Waals surface area contributed by atoms with Gasteiger partial charge in [0.2, 0.25) is 0 Å². The molecule has 26 heavy (non-hydrogen) atoms. The Hall–Kier alpha value is -1.01. The molecule has 3 rings (SSSR count). The summed E-state index contributed by atoms with van der Waals surface area (Å²) in [4.78, 5) is 0. The average Bonchev–Trinajstić information content (AvgIpc) is 2.62. The van der Waals surface area contributed by atoms with E-state index in [1.54, 1.807) is 6.07 Å². The quantitative estimate of drug-likeness (QED) is 0.667. The highest BCUT2D eigenvalue weighted by atomic mass is 32.2. The second kappa shape index (κ2) is 8.34. The first kappa shape index (κ1) is 19.7. The van der Waals surface area contributed by atoms with Crippen LogP contribution in [0.25, 0.3) is 0 Å². The monoisotopic (exact) mass is 386 g/mol. The summed E-state index contributed by atoms with van der Waals surface area (Å²) in [6, 6.07) is 4.31. The fraction of sp³-hybridized carbons (Fsp3) is 0.700. The SMILES string of the molecule is CS(=O)(=O)OCC1CCC(C2CCC(c3ccc(F)c(F)c3)CC2)CC1. The highest BCUT2D eigenvalue weighted by Crippen LogP contribution is 2.44. The largest absolute Gasteiger partial charge is 0.270 e. The van der Waals surface area contributed by atoms with E-state index in [1.807, 2.05) is 0 Å². The Labute approximate surface area is 155 Å². The van der Waals surface area contributed by atoms with E-state index in [4.69, 9.17) is 4.18 Å². The molecule has 0 amide bonds. The van der Waals surface area contributed by atoms with Gasteiger partial charge < -0.3 is 0 Å². The Bertz CT molecular complexity index is 704. The normalized spacial score (nSPS) is 30.3. The molecule has 146 valence electrons. The maximum atomic E-state index is 13.5. The third-order valence-electron chi connectivity index (χ3n) is 6.26. The van der Waals surface area contributed by atoms with Crippen molar-refractivity contribution in [1.29, 1.82) is 0 Å². The van der Waals surface area contributed by atoms with E-state index in [1.165, 1.54) is 12.1 Å². The van der Waals surface area contributed by atoms with Crippen LogP contribution in [0.1, 0.15) is 62.8 Å². The van der Waals surface area contributed by atoms with Gasteiger partial charge in [-0.1, -0.05) is 6.07 Å². The molecule has 0 unspecified atom stereocenters. The van der Waals surface area contributed by atoms with Gasteiger partial charge in [-0.25, -0.2) is 8.78 Å². The Balaban J connectivity index is 1.45. The average molecular weight is 387 g/mol. The van der Waals surface area contributed by atoms with Gasteiger partial charge in [-0.15, -0.1) is 0 Å². The molecule has 2 fully saturated rings. The van der Waals surface area contributed by atoms with E-state index in [2.05, 4.69) is 0 Å². The minimum Gasteiger partial charge on any atom is -0.270 e. The first-order valence-corrected chi connectivity index (χ1v) is 11.4. The van der Waals surface area contributed by atoms with Crippen LogP contribution in [0, 0.1) is 29.4 Å². The highest BCUT2D eigenvalue weighted by Gasteiger charge is 2.31. The molecular weight excluding hydrogens is 358 g/mol. The first-order valence-electron chi connectivity index (χ1n) is 9.61. The lowest BCUT2D eigenvalue weighted by atomic mass is 9.68. The minimum absolute atomic E-state index is 0.314. The fourth-order valence-electron chi connectivity index (χ4n) is 4.74. The van der Waals surface area contributed by atoms with Crippen LogP contribution in [0.4, 0.5) is 8.78 Å². The predicted octanol–water partition coefficient (Wildman–Crippen LogP) is 5.02. The topological polar surface area (TPSA) is 43.4 Å². The van der Waals surface area contributed by atoms with Gasteiger partial charge >= 0.3 is 0 Å². The van der Waals surface area contributed by atoms with Gasteiger partial charge in [0.15, 0.2) is 11.6 Å². The van der Waals surface area contributed by atoms with Crippen molar-refractivity contribution < 1.29 is 21.4 Å². The number of hydrogen-bond donors (Lipinski definition) is 0. The molecule has 3 nitrogen and oxygen atoms in total. The zero-order chi connectivity index (χ0) is 18.7. The lowest BCUT2D eigenvalue weighted by molar-refractivity contribution is 0.134. The summed E-state index contributed by atoms with van der Waals surface area (Å²) in [5.41, 5.74) is 0.920. The number of hydrogen-bond acceptors (Lipinski definition) is 3. The standard InChI is InChI=1S/C20H28F2O3S/c1-26(23,24)25-13-14-2-4-15(5-3-14)16-6-8-17(9-7-16)18-10-11-19(21)20(22)12-18/h10-12,14-17H,2-9,13H2,1H3. The predicted molar refractivity (Wildman–Crippen MR) is 97.3 cm³/mol. The van der Waals surface area contributed by atoms with Crippen molar-refractivity contribution in [3.05, 3.63) is 35.4 Å². The summed E-state index contributed by atoms with van der Waals surface area (Å²) in [5.74, 6) is 0.558. The van der Waals surface area contributed by atoms with Crippen LogP contribution < -0.4 is 0 Å². The van der Waals surface area contributed by atoms with Gasteiger partial charge in [0, 0.05) is 0 Å². The van der Waals surface area contributed by atoms with Crippen LogP contribution in [0.5, 0.6) is 0 Å². The minimum atomic E-state index is -3.35. The second-order valence-corrected chi connectivity index (χ2v) is 9.70. The van der Waals surface area contributed by atoms with Gasteiger partial charge in [-0.2, -0.15) is 8.42 Å². The molecule has 0 aliphatic heterocycles. The van der Waals surface area contributed by atoms with Crippen molar-refractivity contribution in [3.63, 3.8) is 0 Å². The number of rotatable bonds is 5. The van der Waals surface area contributed by atoms with Gasteiger partial charge in [-0.3, -0.25) is 4.18 Å². The van der Waals surface area contributed by atoms with Crippen molar-refractivity contribution in [2.45, 2.75) is 57.3 Å². The molecule has 0 spiro atoms. The lowest BCUT2D eigenvalue weighted by Crippen LogP contribution is -2.27. The molecular formula is C20H28F2O3S. The van der Waals surface area contributed by atoms with Crippen LogP contribution in [0.15, 0.2) is 18.2 Å². The molecule has 0 N–H and O–H groups in total. The maximum Gasteiger partial charge on any atom is 0.264 e. The highest BCUT2D eigenvalue weighted by molar-refractivity contribution is 7.85. The van der Waals surface area contributed by atoms with Gasteiger partial charge in [0.1, 0.15) is 0 Å². The fourth-order valence-corrected chi connectivity index (χ4v) is 5.18. The first-order chi connectivity index (χ1) is 12.3. The third-order valence-corrected chi connectivity index (χ3v) is 6.83. The van der Waals surface area contributed by atoms with Gasteiger partial charge in [-0.05, 0) is 92.7 Å². The lowest BCUT2D eigenvalue weighted by Gasteiger charge is -2.37. The van der Waals surface area contributed by atoms with Crippen LogP contribution >= 0.6 is 0 Å². The van der Waals surface area contributed by atoms with Crippen molar-refractivity contribution >= 4 is 10.1 Å². The van der Waals surface area contributed by atoms with Gasteiger partial charge in [0.05, 0.1) is 12.9 Å². The summed E-state index contributed by atoms with van der Waals surface area (Å²) in [5, 5.41) is 0. The molecule has 0 heterocycles. The zero-order valence-electron chi connectivity index (χ0n) is 15.3. The maximum absolute atomic E-state index is 13.5. The van der Waals surface area contributed by atoms with Crippen molar-refractivity contribution in [2.24, 2.45) is 17.8 Å². The van der Waals surface area contributed by atoms with Crippen LogP contribution in [0.2, 0.25) is 0 Å². The molecule has 0 radical (unpaired) electrons. The van der Waals surface area contributed by atoms with Crippen molar-refractivity contribution in [3.8, 4) is 0 Å². The Morgan fingerprint density at radius 2 is 1.50 bits per heavy atom. The van der Waals surface area contributed by atoms with E-state index in [-0.39, 0.29) is 0 Å². The van der Waals surface area contributed by atoms with E-state index in [9.17, 15) is 17.2 Å². The summed E-state index contributed by atoms with van der Waals surface area (Å²) in [7, 11) is -3.35. The third kappa shape index (κ3) is 5.26. The van der Waals surface area contributed by atoms with Crippen LogP contribution in [0.3, 0.4) is 0 Å². The van der Waals surface area contributed by atoms with E-state index in [0.717, 1.165) is 63.2 Å². The molecule has 6 heteroatoms. The van der Waals surface area contributed by atoms with Crippen LogP contribution in [-0.2, 0) is 14.3 Å².